The maximum atomic E-state index is 13.4. The highest BCUT2D eigenvalue weighted by Gasteiger charge is 2.08. The van der Waals surface area contributed by atoms with E-state index in [0.29, 0.717) is 17.5 Å². The average Bonchev–Trinajstić information content (AvgIpc) is 2.63. The van der Waals surface area contributed by atoms with E-state index in [9.17, 15) is 8.78 Å². The van der Waals surface area contributed by atoms with Crippen molar-refractivity contribution in [3.63, 3.8) is 0 Å². The summed E-state index contributed by atoms with van der Waals surface area (Å²) in [6, 6.07) is 15.1. The summed E-state index contributed by atoms with van der Waals surface area (Å²) in [7, 11) is 0. The minimum atomic E-state index is -0.910. The Kier molecular flexibility index (Phi) is 5.18. The summed E-state index contributed by atoms with van der Waals surface area (Å²) in [6.07, 6.45) is 0.935. The van der Waals surface area contributed by atoms with Gasteiger partial charge in [-0.2, -0.15) is 4.98 Å². The molecule has 6 heteroatoms. The lowest BCUT2D eigenvalue weighted by molar-refractivity contribution is 0.509. The zero-order valence-electron chi connectivity index (χ0n) is 13.8. The molecule has 0 aliphatic heterocycles. The van der Waals surface area contributed by atoms with Gasteiger partial charge in [-0.15, -0.1) is 0 Å². The van der Waals surface area contributed by atoms with E-state index in [1.807, 2.05) is 30.3 Å². The van der Waals surface area contributed by atoms with Crippen molar-refractivity contribution >= 4 is 17.5 Å². The van der Waals surface area contributed by atoms with Crippen molar-refractivity contribution in [2.45, 2.75) is 13.3 Å². The Labute approximate surface area is 145 Å². The molecule has 0 radical (unpaired) electrons. The second kappa shape index (κ2) is 7.70. The fourth-order valence-corrected chi connectivity index (χ4v) is 2.31. The molecule has 25 heavy (non-hydrogen) atoms. The van der Waals surface area contributed by atoms with Crippen molar-refractivity contribution in [3.8, 4) is 11.3 Å². The summed E-state index contributed by atoms with van der Waals surface area (Å²) < 4.78 is 26.5. The van der Waals surface area contributed by atoms with Crippen LogP contribution < -0.4 is 10.6 Å². The standard InChI is InChI=1S/C19H18F2N4/c1-2-10-22-19-24-17(13-6-4-3-5-7-13)12-18(25-19)23-14-8-9-15(20)16(21)11-14/h3-9,11-12H,2,10H2,1H3,(H2,22,23,24,25). The predicted octanol–water partition coefficient (Wildman–Crippen LogP) is 4.99. The van der Waals surface area contributed by atoms with Crippen molar-refractivity contribution in [1.82, 2.24) is 9.97 Å². The van der Waals surface area contributed by atoms with Crippen molar-refractivity contribution in [2.75, 3.05) is 17.2 Å². The van der Waals surface area contributed by atoms with Crippen LogP contribution in [0.25, 0.3) is 11.3 Å². The third-order valence-electron chi connectivity index (χ3n) is 3.52. The molecule has 0 unspecified atom stereocenters. The maximum Gasteiger partial charge on any atom is 0.225 e. The summed E-state index contributed by atoms with van der Waals surface area (Å²) in [5.41, 5.74) is 2.09. The Bertz CT molecular complexity index is 853. The molecule has 3 aromatic rings. The summed E-state index contributed by atoms with van der Waals surface area (Å²) in [4.78, 5) is 8.91. The number of rotatable bonds is 6. The van der Waals surface area contributed by atoms with Crippen LogP contribution in [0, 0.1) is 11.6 Å². The van der Waals surface area contributed by atoms with Crippen molar-refractivity contribution in [2.24, 2.45) is 0 Å². The van der Waals surface area contributed by atoms with Crippen LogP contribution in [0.4, 0.5) is 26.2 Å². The van der Waals surface area contributed by atoms with Crippen LogP contribution >= 0.6 is 0 Å². The lowest BCUT2D eigenvalue weighted by Gasteiger charge is -2.11. The van der Waals surface area contributed by atoms with Gasteiger partial charge in [-0.05, 0) is 18.6 Å². The Morgan fingerprint density at radius 1 is 0.920 bits per heavy atom. The fraction of sp³-hybridized carbons (Fsp3) is 0.158. The van der Waals surface area contributed by atoms with E-state index in [0.717, 1.165) is 36.4 Å². The van der Waals surface area contributed by atoms with Crippen LogP contribution in [-0.4, -0.2) is 16.5 Å². The first kappa shape index (κ1) is 16.8. The Morgan fingerprint density at radius 3 is 2.44 bits per heavy atom. The van der Waals surface area contributed by atoms with Gasteiger partial charge in [0.1, 0.15) is 5.82 Å². The molecule has 1 heterocycles. The first-order valence-corrected chi connectivity index (χ1v) is 8.06. The molecule has 0 atom stereocenters. The third kappa shape index (κ3) is 4.29. The zero-order chi connectivity index (χ0) is 17.6. The Hall–Kier alpha value is -3.02. The molecule has 0 aliphatic rings. The van der Waals surface area contributed by atoms with Gasteiger partial charge >= 0.3 is 0 Å². The molecular formula is C19H18F2N4. The van der Waals surface area contributed by atoms with E-state index >= 15 is 0 Å². The topological polar surface area (TPSA) is 49.8 Å². The Balaban J connectivity index is 1.95. The highest BCUT2D eigenvalue weighted by atomic mass is 19.2. The molecule has 0 saturated heterocycles. The van der Waals surface area contributed by atoms with E-state index in [1.165, 1.54) is 6.07 Å². The number of nitrogens with zero attached hydrogens (tertiary/aromatic N) is 2. The molecule has 0 spiro atoms. The zero-order valence-corrected chi connectivity index (χ0v) is 13.8. The molecule has 2 N–H and O–H groups in total. The van der Waals surface area contributed by atoms with Crippen LogP contribution in [0.5, 0.6) is 0 Å². The minimum Gasteiger partial charge on any atom is -0.354 e. The highest BCUT2D eigenvalue weighted by molar-refractivity contribution is 5.67. The van der Waals surface area contributed by atoms with Gasteiger partial charge < -0.3 is 10.6 Å². The van der Waals surface area contributed by atoms with Gasteiger partial charge in [-0.1, -0.05) is 37.3 Å². The number of aromatic nitrogens is 2. The van der Waals surface area contributed by atoms with Gasteiger partial charge in [-0.3, -0.25) is 0 Å². The van der Waals surface area contributed by atoms with Crippen molar-refractivity contribution in [3.05, 3.63) is 66.2 Å². The monoisotopic (exact) mass is 340 g/mol. The number of anilines is 3. The van der Waals surface area contributed by atoms with E-state index in [1.54, 1.807) is 6.07 Å². The molecule has 2 aromatic carbocycles. The molecule has 3 rings (SSSR count). The number of hydrogen-bond acceptors (Lipinski definition) is 4. The number of benzene rings is 2. The quantitative estimate of drug-likeness (QED) is 0.664. The van der Waals surface area contributed by atoms with Gasteiger partial charge in [0.15, 0.2) is 11.6 Å². The average molecular weight is 340 g/mol. The van der Waals surface area contributed by atoms with Crippen LogP contribution in [-0.2, 0) is 0 Å². The molecule has 4 nitrogen and oxygen atoms in total. The molecule has 0 bridgehead atoms. The lowest BCUT2D eigenvalue weighted by Crippen LogP contribution is -2.07. The number of halogens is 2. The highest BCUT2D eigenvalue weighted by Crippen LogP contribution is 2.24. The molecule has 1 aromatic heterocycles. The van der Waals surface area contributed by atoms with Gasteiger partial charge in [0.25, 0.3) is 0 Å². The summed E-state index contributed by atoms with van der Waals surface area (Å²) >= 11 is 0. The van der Waals surface area contributed by atoms with Crippen LogP contribution in [0.15, 0.2) is 54.6 Å². The first-order chi connectivity index (χ1) is 12.2. The van der Waals surface area contributed by atoms with E-state index < -0.39 is 11.6 Å². The van der Waals surface area contributed by atoms with E-state index in [2.05, 4.69) is 27.5 Å². The lowest BCUT2D eigenvalue weighted by atomic mass is 10.1. The predicted molar refractivity (Wildman–Crippen MR) is 95.9 cm³/mol. The van der Waals surface area contributed by atoms with Crippen LogP contribution in [0.3, 0.4) is 0 Å². The first-order valence-electron chi connectivity index (χ1n) is 8.06. The summed E-state index contributed by atoms with van der Waals surface area (Å²) in [6.45, 7) is 2.79. The molecule has 0 amide bonds. The number of hydrogen-bond donors (Lipinski definition) is 2. The van der Waals surface area contributed by atoms with Gasteiger partial charge in [-0.25, -0.2) is 13.8 Å². The van der Waals surface area contributed by atoms with E-state index in [-0.39, 0.29) is 0 Å². The van der Waals surface area contributed by atoms with Gasteiger partial charge in [0.2, 0.25) is 5.95 Å². The van der Waals surface area contributed by atoms with E-state index in [4.69, 9.17) is 0 Å². The van der Waals surface area contributed by atoms with Crippen molar-refractivity contribution < 1.29 is 8.78 Å². The number of nitrogens with one attached hydrogen (secondary N) is 2. The third-order valence-corrected chi connectivity index (χ3v) is 3.52. The molecular weight excluding hydrogens is 322 g/mol. The molecule has 0 fully saturated rings. The molecule has 128 valence electrons. The summed E-state index contributed by atoms with van der Waals surface area (Å²) in [5.74, 6) is -0.818. The Morgan fingerprint density at radius 2 is 1.72 bits per heavy atom. The van der Waals surface area contributed by atoms with Gasteiger partial charge in [0.05, 0.1) is 5.69 Å². The van der Waals surface area contributed by atoms with Crippen LogP contribution in [0.2, 0.25) is 0 Å². The SMILES string of the molecule is CCCNc1nc(Nc2ccc(F)c(F)c2)cc(-c2ccccc2)n1. The fourth-order valence-electron chi connectivity index (χ4n) is 2.31. The van der Waals surface area contributed by atoms with Crippen molar-refractivity contribution in [1.29, 1.82) is 0 Å². The molecule has 0 saturated carbocycles. The normalized spacial score (nSPS) is 10.5. The largest absolute Gasteiger partial charge is 0.354 e. The van der Waals surface area contributed by atoms with Gasteiger partial charge in [0, 0.05) is 29.9 Å². The smallest absolute Gasteiger partial charge is 0.225 e. The van der Waals surface area contributed by atoms with Crippen LogP contribution in [0.1, 0.15) is 13.3 Å². The second-order valence-corrected chi connectivity index (χ2v) is 5.51. The minimum absolute atomic E-state index is 0.415. The summed E-state index contributed by atoms with van der Waals surface area (Å²) in [5, 5.41) is 6.16. The molecule has 0 aliphatic carbocycles. The maximum absolute atomic E-state index is 13.4. The second-order valence-electron chi connectivity index (χ2n) is 5.51.